The van der Waals surface area contributed by atoms with E-state index in [1.807, 2.05) is 0 Å². The Morgan fingerprint density at radius 3 is 1.17 bits per heavy atom. The first-order valence-corrected chi connectivity index (χ1v) is 4.59. The van der Waals surface area contributed by atoms with Gasteiger partial charge in [0.05, 0.1) is 0 Å². The van der Waals surface area contributed by atoms with Crippen molar-refractivity contribution in [2.75, 3.05) is 0 Å². The largest absolute Gasteiger partial charge is 2.00 e. The molecule has 0 aromatic heterocycles. The van der Waals surface area contributed by atoms with Gasteiger partial charge >= 0.3 is 76.4 Å². The number of rotatable bonds is 2. The molecule has 0 aliphatic carbocycles. The van der Waals surface area contributed by atoms with Crippen molar-refractivity contribution in [3.63, 3.8) is 0 Å². The summed E-state index contributed by atoms with van der Waals surface area (Å²) in [5.74, 6) is 0. The first-order valence-electron chi connectivity index (χ1n) is 1.53. The molecule has 0 aromatic rings. The molecule has 0 unspecified atom stereocenters. The van der Waals surface area contributed by atoms with Crippen molar-refractivity contribution in [3.8, 4) is 0 Å². The fourth-order valence-electron chi connectivity index (χ4n) is 0.139. The van der Waals surface area contributed by atoms with Gasteiger partial charge in [-0.05, 0) is 0 Å². The summed E-state index contributed by atoms with van der Waals surface area (Å²) < 4.78 is 22.2. The molecule has 0 saturated heterocycles. The molecular formula is H11CaMgNO7P2. The van der Waals surface area contributed by atoms with E-state index in [2.05, 4.69) is 4.31 Å². The van der Waals surface area contributed by atoms with Gasteiger partial charge in [0.1, 0.15) is 0 Å². The standard InChI is InChI=1S/Ca.Mg.H3N.H4O7P2.4H/c;;;1-8(2,3)7-9(4,5)6;;;;/h;;1H3;(H2,1,2,3)(H2,4,5,6);;;;/q2*+2;;;4*-1. The second-order valence-electron chi connectivity index (χ2n) is 1.06. The van der Waals surface area contributed by atoms with Gasteiger partial charge < -0.3 is 31.4 Å². The maximum Gasteiger partial charge on any atom is 2.00 e. The summed E-state index contributed by atoms with van der Waals surface area (Å²) in [6.45, 7) is 0. The van der Waals surface area contributed by atoms with Gasteiger partial charge in [0.15, 0.2) is 0 Å². The van der Waals surface area contributed by atoms with Crippen molar-refractivity contribution >= 4 is 76.4 Å². The molecule has 0 aromatic carbocycles. The SMILES string of the molecule is N.O=P(O)(O)OP(=O)(O)O.[Ca+2].[H-].[H-].[H-].[H-].[Mg+2]. The van der Waals surface area contributed by atoms with E-state index < -0.39 is 15.6 Å². The molecule has 0 rings (SSSR count). The predicted molar refractivity (Wildman–Crippen MR) is 46.2 cm³/mol. The third kappa shape index (κ3) is 22.8. The molecule has 12 heavy (non-hydrogen) atoms. The van der Waals surface area contributed by atoms with Crippen LogP contribution < -0.4 is 6.15 Å². The average molecular weight is 263 g/mol. The second kappa shape index (κ2) is 8.55. The van der Waals surface area contributed by atoms with Crippen molar-refractivity contribution in [3.05, 3.63) is 0 Å². The van der Waals surface area contributed by atoms with Crippen LogP contribution in [0.1, 0.15) is 5.71 Å². The Bertz CT molecular complexity index is 175. The van der Waals surface area contributed by atoms with E-state index in [9.17, 15) is 9.13 Å². The fourth-order valence-corrected chi connectivity index (χ4v) is 1.25. The number of hydrogen-bond donors (Lipinski definition) is 5. The summed E-state index contributed by atoms with van der Waals surface area (Å²) in [6.07, 6.45) is 0. The minimum absolute atomic E-state index is 0. The monoisotopic (exact) mass is 263 g/mol. The smallest absolute Gasteiger partial charge is 1.00 e. The third-order valence-electron chi connectivity index (χ3n) is 0.213. The van der Waals surface area contributed by atoms with Crippen molar-refractivity contribution in [2.24, 2.45) is 0 Å². The molecule has 0 atom stereocenters. The van der Waals surface area contributed by atoms with Crippen LogP contribution in [0.3, 0.4) is 0 Å². The first kappa shape index (κ1) is 23.8. The molecule has 0 aliphatic heterocycles. The van der Waals surface area contributed by atoms with Crippen molar-refractivity contribution in [1.29, 1.82) is 0 Å². The molecule has 72 valence electrons. The van der Waals surface area contributed by atoms with Gasteiger partial charge in [0.25, 0.3) is 0 Å². The van der Waals surface area contributed by atoms with Crippen LogP contribution in [-0.4, -0.2) is 80.4 Å². The van der Waals surface area contributed by atoms with Gasteiger partial charge in [0, 0.05) is 0 Å². The van der Waals surface area contributed by atoms with Crippen LogP contribution in [0.25, 0.3) is 0 Å². The number of phosphoric acid groups is 2. The molecular weight excluding hydrogens is 252 g/mol. The molecule has 0 amide bonds. The normalized spacial score (nSPS) is 10.3. The molecule has 0 spiro atoms. The van der Waals surface area contributed by atoms with Crippen LogP contribution in [0, 0.1) is 0 Å². The van der Waals surface area contributed by atoms with Crippen LogP contribution in [-0.2, 0) is 13.4 Å². The third-order valence-corrected chi connectivity index (χ3v) is 1.91. The molecule has 12 heteroatoms. The van der Waals surface area contributed by atoms with Gasteiger partial charge in [-0.25, -0.2) is 9.13 Å². The minimum Gasteiger partial charge on any atom is -1.00 e. The Labute approximate surface area is 120 Å². The van der Waals surface area contributed by atoms with Crippen LogP contribution >= 0.6 is 15.6 Å². The van der Waals surface area contributed by atoms with Gasteiger partial charge in [-0.2, -0.15) is 4.31 Å². The molecule has 0 saturated carbocycles. The molecule has 0 bridgehead atoms. The summed E-state index contributed by atoms with van der Waals surface area (Å²) in [6, 6.07) is 0. The number of hydrogen-bond acceptors (Lipinski definition) is 4. The zero-order chi connectivity index (χ0) is 7.71. The van der Waals surface area contributed by atoms with E-state index in [4.69, 9.17) is 19.6 Å². The van der Waals surface area contributed by atoms with Gasteiger partial charge in [-0.1, -0.05) is 0 Å². The van der Waals surface area contributed by atoms with Crippen LogP contribution in [0.2, 0.25) is 0 Å². The van der Waals surface area contributed by atoms with Crippen molar-refractivity contribution in [1.82, 2.24) is 6.15 Å². The maximum absolute atomic E-state index is 9.63. The molecule has 0 heterocycles. The summed E-state index contributed by atoms with van der Waals surface area (Å²) in [5.41, 5.74) is 0. The fraction of sp³-hybridized carbons (Fsp3) is 0. The molecule has 0 aliphatic rings. The molecule has 0 fully saturated rings. The summed E-state index contributed by atoms with van der Waals surface area (Å²) in [5, 5.41) is 0. The summed E-state index contributed by atoms with van der Waals surface area (Å²) in [4.78, 5) is 31.0. The van der Waals surface area contributed by atoms with E-state index in [0.29, 0.717) is 0 Å². The molecule has 8 nitrogen and oxygen atoms in total. The van der Waals surface area contributed by atoms with Gasteiger partial charge in [0.2, 0.25) is 0 Å². The minimum atomic E-state index is -5.05. The van der Waals surface area contributed by atoms with E-state index in [0.717, 1.165) is 0 Å². The zero-order valence-corrected chi connectivity index (χ0v) is 11.4. The second-order valence-corrected chi connectivity index (χ2v) is 3.68. The van der Waals surface area contributed by atoms with Crippen LogP contribution in [0.5, 0.6) is 0 Å². The Kier molecular flexibility index (Phi) is 17.0. The Hall–Kier alpha value is 2.25. The van der Waals surface area contributed by atoms with E-state index >= 15 is 0 Å². The maximum atomic E-state index is 9.63. The van der Waals surface area contributed by atoms with Crippen molar-refractivity contribution in [2.45, 2.75) is 0 Å². The summed E-state index contributed by atoms with van der Waals surface area (Å²) in [7, 11) is -10.1. The van der Waals surface area contributed by atoms with E-state index in [1.165, 1.54) is 0 Å². The van der Waals surface area contributed by atoms with Crippen LogP contribution in [0.4, 0.5) is 0 Å². The van der Waals surface area contributed by atoms with Crippen molar-refractivity contribution < 1.29 is 38.7 Å². The van der Waals surface area contributed by atoms with E-state index in [-0.39, 0.29) is 72.6 Å². The summed E-state index contributed by atoms with van der Waals surface area (Å²) >= 11 is 0. The van der Waals surface area contributed by atoms with Gasteiger partial charge in [-0.3, -0.25) is 0 Å². The molecule has 7 N–H and O–H groups in total. The Balaban J connectivity index is -0.0000000152. The predicted octanol–water partition coefficient (Wildman–Crippen LogP) is -0.961. The van der Waals surface area contributed by atoms with E-state index in [1.54, 1.807) is 0 Å². The average Bonchev–Trinajstić information content (AvgIpc) is 1.14. The first-order chi connectivity index (χ1) is 3.71. The topological polar surface area (TPSA) is 159 Å². The zero-order valence-electron chi connectivity index (χ0n) is 10.0. The quantitative estimate of drug-likeness (QED) is 0.314. The molecule has 0 radical (unpaired) electrons. The Morgan fingerprint density at radius 2 is 1.17 bits per heavy atom. The van der Waals surface area contributed by atoms with Crippen LogP contribution in [0.15, 0.2) is 0 Å². The Morgan fingerprint density at radius 1 is 1.00 bits per heavy atom. The van der Waals surface area contributed by atoms with Gasteiger partial charge in [-0.15, -0.1) is 0 Å².